The van der Waals surface area contributed by atoms with E-state index in [1.807, 2.05) is 30.3 Å². The number of rotatable bonds is 9. The van der Waals surface area contributed by atoms with Gasteiger partial charge in [0, 0.05) is 12.5 Å². The molecule has 1 atom stereocenters. The number of benzene rings is 1. The molecule has 0 aromatic heterocycles. The average Bonchev–Trinajstić information content (AvgIpc) is 2.52. The van der Waals surface area contributed by atoms with Crippen molar-refractivity contribution >= 4 is 27.8 Å². The Hall–Kier alpha value is -1.36. The molecule has 1 amide bonds. The van der Waals surface area contributed by atoms with E-state index in [0.717, 1.165) is 18.4 Å². The fraction of sp³-hybridized carbons (Fsp3) is 0.500. The molecule has 0 heterocycles. The Balaban J connectivity index is 2.24. The number of nitrogens with one attached hydrogen (secondary N) is 1. The van der Waals surface area contributed by atoms with E-state index in [-0.39, 0.29) is 18.3 Å². The number of carbonyl (C=O) groups excluding carboxylic acids is 2. The number of ether oxygens (including phenoxy) is 1. The monoisotopic (exact) mass is 355 g/mol. The fourth-order valence-corrected chi connectivity index (χ4v) is 2.50. The lowest BCUT2D eigenvalue weighted by molar-refractivity contribution is -0.120. The van der Waals surface area contributed by atoms with E-state index < -0.39 is 6.09 Å². The summed E-state index contributed by atoms with van der Waals surface area (Å²) in [5, 5.41) is 3.06. The summed E-state index contributed by atoms with van der Waals surface area (Å²) >= 11 is 3.20. The van der Waals surface area contributed by atoms with Crippen molar-refractivity contribution in [3.63, 3.8) is 0 Å². The lowest BCUT2D eigenvalue weighted by Gasteiger charge is -2.14. The van der Waals surface area contributed by atoms with Crippen LogP contribution in [-0.4, -0.2) is 23.8 Å². The second-order valence-corrected chi connectivity index (χ2v) is 5.42. The fourth-order valence-electron chi connectivity index (χ4n) is 2.05. The van der Waals surface area contributed by atoms with Crippen LogP contribution in [0, 0.1) is 5.92 Å². The molecule has 1 unspecified atom stereocenters. The molecule has 0 aliphatic heterocycles. The Bertz CT molecular complexity index is 436. The van der Waals surface area contributed by atoms with E-state index in [4.69, 9.17) is 4.74 Å². The zero-order valence-corrected chi connectivity index (χ0v) is 13.9. The molecule has 0 bridgehead atoms. The van der Waals surface area contributed by atoms with E-state index in [2.05, 4.69) is 28.2 Å². The molecule has 0 spiro atoms. The molecule has 116 valence electrons. The van der Waals surface area contributed by atoms with Crippen LogP contribution in [0.3, 0.4) is 0 Å². The van der Waals surface area contributed by atoms with Gasteiger partial charge in [-0.25, -0.2) is 4.79 Å². The number of alkyl halides is 1. The van der Waals surface area contributed by atoms with E-state index in [1.165, 1.54) is 0 Å². The molecule has 0 saturated carbocycles. The van der Waals surface area contributed by atoms with Gasteiger partial charge in [-0.2, -0.15) is 0 Å². The molecule has 0 aliphatic carbocycles. The minimum atomic E-state index is -0.444. The maximum Gasteiger partial charge on any atom is 0.407 e. The first-order chi connectivity index (χ1) is 10.2. The van der Waals surface area contributed by atoms with Crippen LogP contribution in [0.4, 0.5) is 4.79 Å². The van der Waals surface area contributed by atoms with Crippen molar-refractivity contribution in [1.29, 1.82) is 0 Å². The number of amides is 1. The van der Waals surface area contributed by atoms with Crippen molar-refractivity contribution in [1.82, 2.24) is 5.32 Å². The number of hydrogen-bond donors (Lipinski definition) is 1. The Kier molecular flexibility index (Phi) is 8.74. The Morgan fingerprint density at radius 3 is 2.57 bits per heavy atom. The maximum absolute atomic E-state index is 11.7. The summed E-state index contributed by atoms with van der Waals surface area (Å²) in [5.41, 5.74) is 0.950. The normalized spacial score (nSPS) is 11.7. The quantitative estimate of drug-likeness (QED) is 0.687. The van der Waals surface area contributed by atoms with Crippen molar-refractivity contribution in [2.75, 3.05) is 11.9 Å². The zero-order chi connectivity index (χ0) is 15.5. The van der Waals surface area contributed by atoms with Gasteiger partial charge in [0.1, 0.15) is 12.4 Å². The first-order valence-corrected chi connectivity index (χ1v) is 8.32. The summed E-state index contributed by atoms with van der Waals surface area (Å²) in [5.74, 6) is 0.195. The van der Waals surface area contributed by atoms with Gasteiger partial charge in [-0.15, -0.1) is 0 Å². The van der Waals surface area contributed by atoms with Gasteiger partial charge in [-0.1, -0.05) is 59.6 Å². The lowest BCUT2D eigenvalue weighted by atomic mass is 9.96. The average molecular weight is 356 g/mol. The number of hydrogen-bond acceptors (Lipinski definition) is 3. The van der Waals surface area contributed by atoms with Crippen LogP contribution in [0.2, 0.25) is 0 Å². The van der Waals surface area contributed by atoms with E-state index in [9.17, 15) is 9.59 Å². The third kappa shape index (κ3) is 7.27. The van der Waals surface area contributed by atoms with Crippen LogP contribution in [0.25, 0.3) is 0 Å². The van der Waals surface area contributed by atoms with Gasteiger partial charge in [-0.3, -0.25) is 4.79 Å². The third-order valence-corrected chi connectivity index (χ3v) is 3.75. The highest BCUT2D eigenvalue weighted by Crippen LogP contribution is 2.13. The standard InChI is InChI=1S/C16H22BrNO3/c1-2-6-14(15(19)11-17)9-10-18-16(20)21-12-13-7-4-3-5-8-13/h3-5,7-8,14H,2,6,9-12H2,1H3,(H,18,20). The lowest BCUT2D eigenvalue weighted by Crippen LogP contribution is -2.28. The van der Waals surface area contributed by atoms with Gasteiger partial charge >= 0.3 is 6.09 Å². The summed E-state index contributed by atoms with van der Waals surface area (Å²) in [4.78, 5) is 23.3. The van der Waals surface area contributed by atoms with Gasteiger partial charge in [0.25, 0.3) is 0 Å². The second kappa shape index (κ2) is 10.4. The highest BCUT2D eigenvalue weighted by Gasteiger charge is 2.16. The minimum absolute atomic E-state index is 0.00352. The summed E-state index contributed by atoms with van der Waals surface area (Å²) in [7, 11) is 0. The highest BCUT2D eigenvalue weighted by atomic mass is 79.9. The number of halogens is 1. The van der Waals surface area contributed by atoms with Crippen molar-refractivity contribution in [2.24, 2.45) is 5.92 Å². The Morgan fingerprint density at radius 1 is 1.24 bits per heavy atom. The maximum atomic E-state index is 11.7. The number of carbonyl (C=O) groups is 2. The largest absolute Gasteiger partial charge is 0.445 e. The summed E-state index contributed by atoms with van der Waals surface area (Å²) in [6, 6.07) is 9.52. The van der Waals surface area contributed by atoms with Crippen LogP contribution >= 0.6 is 15.9 Å². The highest BCUT2D eigenvalue weighted by molar-refractivity contribution is 9.09. The molecule has 0 fully saturated rings. The Labute approximate surface area is 134 Å². The number of ketones is 1. The van der Waals surface area contributed by atoms with Gasteiger partial charge < -0.3 is 10.1 Å². The first kappa shape index (κ1) is 17.7. The first-order valence-electron chi connectivity index (χ1n) is 7.20. The van der Waals surface area contributed by atoms with Gasteiger partial charge in [-0.05, 0) is 18.4 Å². The molecular formula is C16H22BrNO3. The van der Waals surface area contributed by atoms with Crippen molar-refractivity contribution in [3.8, 4) is 0 Å². The van der Waals surface area contributed by atoms with Crippen LogP contribution in [-0.2, 0) is 16.1 Å². The molecule has 4 nitrogen and oxygen atoms in total. The molecule has 1 aromatic rings. The second-order valence-electron chi connectivity index (χ2n) is 4.86. The van der Waals surface area contributed by atoms with Gasteiger partial charge in [0.05, 0.1) is 5.33 Å². The van der Waals surface area contributed by atoms with E-state index >= 15 is 0 Å². The van der Waals surface area contributed by atoms with Crippen molar-refractivity contribution in [2.45, 2.75) is 32.8 Å². The van der Waals surface area contributed by atoms with Crippen molar-refractivity contribution < 1.29 is 14.3 Å². The van der Waals surface area contributed by atoms with E-state index in [0.29, 0.717) is 18.3 Å². The van der Waals surface area contributed by atoms with Crippen LogP contribution in [0.1, 0.15) is 31.7 Å². The summed E-state index contributed by atoms with van der Waals surface area (Å²) in [6.45, 7) is 2.76. The van der Waals surface area contributed by atoms with E-state index in [1.54, 1.807) is 0 Å². The van der Waals surface area contributed by atoms with Crippen LogP contribution < -0.4 is 5.32 Å². The Morgan fingerprint density at radius 2 is 1.95 bits per heavy atom. The molecule has 0 saturated heterocycles. The van der Waals surface area contributed by atoms with Crippen molar-refractivity contribution in [3.05, 3.63) is 35.9 Å². The third-order valence-electron chi connectivity index (χ3n) is 3.20. The summed E-state index contributed by atoms with van der Waals surface area (Å²) in [6.07, 6.45) is 2.02. The molecule has 1 rings (SSSR count). The predicted octanol–water partition coefficient (Wildman–Crippen LogP) is 3.68. The molecule has 1 aromatic carbocycles. The predicted molar refractivity (Wildman–Crippen MR) is 86.4 cm³/mol. The zero-order valence-electron chi connectivity index (χ0n) is 12.3. The number of alkyl carbamates (subject to hydrolysis) is 1. The molecule has 0 radical (unpaired) electrons. The molecule has 5 heteroatoms. The van der Waals surface area contributed by atoms with Gasteiger partial charge in [0.15, 0.2) is 0 Å². The molecule has 1 N–H and O–H groups in total. The van der Waals surface area contributed by atoms with Crippen LogP contribution in [0.15, 0.2) is 30.3 Å². The molecule has 21 heavy (non-hydrogen) atoms. The minimum Gasteiger partial charge on any atom is -0.445 e. The van der Waals surface area contributed by atoms with Crippen LogP contribution in [0.5, 0.6) is 0 Å². The SMILES string of the molecule is CCCC(CCNC(=O)OCc1ccccc1)C(=O)CBr. The number of Topliss-reactive ketones (excluding diaryl/α,β-unsaturated/α-hetero) is 1. The molecule has 0 aliphatic rings. The smallest absolute Gasteiger partial charge is 0.407 e. The topological polar surface area (TPSA) is 55.4 Å². The van der Waals surface area contributed by atoms with Gasteiger partial charge in [0.2, 0.25) is 0 Å². The molecular weight excluding hydrogens is 334 g/mol. The summed E-state index contributed by atoms with van der Waals surface area (Å²) < 4.78 is 5.11.